The normalized spacial score (nSPS) is 12.1. The van der Waals surface area contributed by atoms with Gasteiger partial charge in [-0.1, -0.05) is 18.6 Å². The molecule has 0 bridgehead atoms. The van der Waals surface area contributed by atoms with Crippen molar-refractivity contribution in [1.82, 2.24) is 5.32 Å². The lowest BCUT2D eigenvalue weighted by atomic mass is 10.2. The summed E-state index contributed by atoms with van der Waals surface area (Å²) in [5.41, 5.74) is 1.48. The van der Waals surface area contributed by atoms with Gasteiger partial charge in [-0.25, -0.2) is 0 Å². The second-order valence-corrected chi connectivity index (χ2v) is 1.83. The molecule has 0 atom stereocenters. The van der Waals surface area contributed by atoms with Crippen LogP contribution in [0.1, 0.15) is 20.3 Å². The van der Waals surface area contributed by atoms with E-state index in [1.165, 1.54) is 5.57 Å². The van der Waals surface area contributed by atoms with E-state index in [4.69, 9.17) is 0 Å². The summed E-state index contributed by atoms with van der Waals surface area (Å²) >= 11 is 0. The lowest BCUT2D eigenvalue weighted by molar-refractivity contribution is 0.843. The fourth-order valence-electron chi connectivity index (χ4n) is 0.658. The molecule has 0 spiro atoms. The quantitative estimate of drug-likeness (QED) is 0.548. The van der Waals surface area contributed by atoms with Crippen molar-refractivity contribution in [2.75, 3.05) is 13.6 Å². The second-order valence-electron chi connectivity index (χ2n) is 1.83. The molecule has 0 heterocycles. The van der Waals surface area contributed by atoms with Gasteiger partial charge in [-0.2, -0.15) is 0 Å². The SMILES string of the molecule is C/C=C(/CC)CNC. The number of hydrogen-bond acceptors (Lipinski definition) is 1. The first-order valence-corrected chi connectivity index (χ1v) is 3.13. The van der Waals surface area contributed by atoms with E-state index in [0.29, 0.717) is 0 Å². The van der Waals surface area contributed by atoms with Crippen LogP contribution in [-0.4, -0.2) is 13.6 Å². The molecule has 0 unspecified atom stereocenters. The minimum atomic E-state index is 1.03. The van der Waals surface area contributed by atoms with E-state index < -0.39 is 0 Å². The molecule has 48 valence electrons. The van der Waals surface area contributed by atoms with Gasteiger partial charge in [0.1, 0.15) is 0 Å². The Morgan fingerprint density at radius 2 is 2.25 bits per heavy atom. The van der Waals surface area contributed by atoms with E-state index in [-0.39, 0.29) is 0 Å². The lowest BCUT2D eigenvalue weighted by Crippen LogP contribution is -2.09. The van der Waals surface area contributed by atoms with Crippen molar-refractivity contribution in [2.24, 2.45) is 0 Å². The van der Waals surface area contributed by atoms with Crippen LogP contribution in [0.2, 0.25) is 0 Å². The number of rotatable bonds is 3. The van der Waals surface area contributed by atoms with Crippen LogP contribution in [0, 0.1) is 0 Å². The molecule has 0 aromatic rings. The third kappa shape index (κ3) is 2.80. The Labute approximate surface area is 51.8 Å². The molecule has 0 aliphatic carbocycles. The average Bonchev–Trinajstić information content (AvgIpc) is 1.83. The molecule has 0 aliphatic rings. The van der Waals surface area contributed by atoms with Crippen LogP contribution in [0.25, 0.3) is 0 Å². The number of allylic oxidation sites excluding steroid dienone is 1. The monoisotopic (exact) mass is 113 g/mol. The fraction of sp³-hybridized carbons (Fsp3) is 0.714. The molecule has 1 nitrogen and oxygen atoms in total. The largest absolute Gasteiger partial charge is 0.316 e. The molecule has 0 fully saturated rings. The minimum absolute atomic E-state index is 1.03. The highest BCUT2D eigenvalue weighted by Gasteiger charge is 1.85. The Balaban J connectivity index is 3.38. The van der Waals surface area contributed by atoms with Crippen LogP contribution in [0.3, 0.4) is 0 Å². The summed E-state index contributed by atoms with van der Waals surface area (Å²) in [4.78, 5) is 0. The van der Waals surface area contributed by atoms with Crippen molar-refractivity contribution in [3.63, 3.8) is 0 Å². The van der Waals surface area contributed by atoms with E-state index in [1.807, 2.05) is 7.05 Å². The molecule has 0 amide bonds. The Bertz CT molecular complexity index is 74.5. The number of nitrogens with one attached hydrogen (secondary N) is 1. The van der Waals surface area contributed by atoms with Crippen molar-refractivity contribution in [1.29, 1.82) is 0 Å². The van der Waals surface area contributed by atoms with Gasteiger partial charge in [0.15, 0.2) is 0 Å². The molecule has 1 N–H and O–H groups in total. The molecule has 0 rings (SSSR count). The maximum atomic E-state index is 3.10. The fourth-order valence-corrected chi connectivity index (χ4v) is 0.658. The van der Waals surface area contributed by atoms with E-state index in [1.54, 1.807) is 0 Å². The highest BCUT2D eigenvalue weighted by Crippen LogP contribution is 1.95. The zero-order valence-electron chi connectivity index (χ0n) is 5.99. The van der Waals surface area contributed by atoms with E-state index in [2.05, 4.69) is 25.2 Å². The van der Waals surface area contributed by atoms with E-state index in [9.17, 15) is 0 Å². The molecule has 0 aromatic heterocycles. The topological polar surface area (TPSA) is 12.0 Å². The third-order valence-corrected chi connectivity index (χ3v) is 1.27. The number of hydrogen-bond donors (Lipinski definition) is 1. The van der Waals surface area contributed by atoms with Gasteiger partial charge in [0.05, 0.1) is 0 Å². The van der Waals surface area contributed by atoms with Crippen molar-refractivity contribution in [3.05, 3.63) is 11.6 Å². The first-order valence-electron chi connectivity index (χ1n) is 3.13. The standard InChI is InChI=1S/C7H15N/c1-4-7(5-2)6-8-3/h4,8H,5-6H2,1-3H3/b7-4-. The average molecular weight is 113 g/mol. The third-order valence-electron chi connectivity index (χ3n) is 1.27. The Morgan fingerprint density at radius 3 is 2.38 bits per heavy atom. The van der Waals surface area contributed by atoms with Crippen LogP contribution < -0.4 is 5.32 Å². The molecule has 0 saturated carbocycles. The highest BCUT2D eigenvalue weighted by atomic mass is 14.8. The van der Waals surface area contributed by atoms with Crippen molar-refractivity contribution in [3.8, 4) is 0 Å². The van der Waals surface area contributed by atoms with E-state index >= 15 is 0 Å². The zero-order valence-corrected chi connectivity index (χ0v) is 5.99. The van der Waals surface area contributed by atoms with Crippen LogP contribution in [0.5, 0.6) is 0 Å². The summed E-state index contributed by atoms with van der Waals surface area (Å²) in [6, 6.07) is 0. The summed E-state index contributed by atoms with van der Waals surface area (Å²) < 4.78 is 0. The molecular formula is C7H15N. The summed E-state index contributed by atoms with van der Waals surface area (Å²) in [7, 11) is 1.97. The Morgan fingerprint density at radius 1 is 1.62 bits per heavy atom. The lowest BCUT2D eigenvalue weighted by Gasteiger charge is -1.99. The second kappa shape index (κ2) is 4.85. The van der Waals surface area contributed by atoms with Gasteiger partial charge in [0.25, 0.3) is 0 Å². The van der Waals surface area contributed by atoms with Gasteiger partial charge in [-0.15, -0.1) is 0 Å². The maximum absolute atomic E-state index is 3.10. The molecule has 1 heteroatoms. The highest BCUT2D eigenvalue weighted by molar-refractivity contribution is 5.00. The van der Waals surface area contributed by atoms with Gasteiger partial charge < -0.3 is 5.32 Å². The zero-order chi connectivity index (χ0) is 6.41. The predicted molar refractivity (Wildman–Crippen MR) is 38.0 cm³/mol. The van der Waals surface area contributed by atoms with E-state index in [0.717, 1.165) is 13.0 Å². The van der Waals surface area contributed by atoms with Crippen molar-refractivity contribution < 1.29 is 0 Å². The molecular weight excluding hydrogens is 98.1 g/mol. The van der Waals surface area contributed by atoms with Crippen molar-refractivity contribution in [2.45, 2.75) is 20.3 Å². The first kappa shape index (κ1) is 7.70. The first-order chi connectivity index (χ1) is 3.85. The number of likely N-dealkylation sites (N-methyl/N-ethyl adjacent to an activating group) is 1. The van der Waals surface area contributed by atoms with Crippen LogP contribution in [0.15, 0.2) is 11.6 Å². The van der Waals surface area contributed by atoms with Gasteiger partial charge in [0.2, 0.25) is 0 Å². The van der Waals surface area contributed by atoms with Crippen LogP contribution >= 0.6 is 0 Å². The molecule has 0 radical (unpaired) electrons. The Hall–Kier alpha value is -0.300. The van der Waals surface area contributed by atoms with Gasteiger partial charge in [-0.05, 0) is 20.4 Å². The summed E-state index contributed by atoms with van der Waals surface area (Å²) in [5.74, 6) is 0. The predicted octanol–water partition coefficient (Wildman–Crippen LogP) is 1.56. The van der Waals surface area contributed by atoms with Crippen LogP contribution in [-0.2, 0) is 0 Å². The van der Waals surface area contributed by atoms with Gasteiger partial charge >= 0.3 is 0 Å². The molecule has 8 heavy (non-hydrogen) atoms. The van der Waals surface area contributed by atoms with Gasteiger partial charge in [-0.3, -0.25) is 0 Å². The van der Waals surface area contributed by atoms with Crippen LogP contribution in [0.4, 0.5) is 0 Å². The minimum Gasteiger partial charge on any atom is -0.316 e. The maximum Gasteiger partial charge on any atom is 0.0161 e. The summed E-state index contributed by atoms with van der Waals surface area (Å²) in [6.07, 6.45) is 3.33. The summed E-state index contributed by atoms with van der Waals surface area (Å²) in [5, 5.41) is 3.10. The summed E-state index contributed by atoms with van der Waals surface area (Å²) in [6.45, 7) is 5.29. The Kier molecular flexibility index (Phi) is 4.67. The molecule has 0 saturated heterocycles. The smallest absolute Gasteiger partial charge is 0.0161 e. The van der Waals surface area contributed by atoms with Crippen molar-refractivity contribution >= 4 is 0 Å². The molecule has 0 aromatic carbocycles. The van der Waals surface area contributed by atoms with Gasteiger partial charge in [0, 0.05) is 6.54 Å². The molecule has 0 aliphatic heterocycles.